The van der Waals surface area contributed by atoms with Crippen molar-refractivity contribution in [3.63, 3.8) is 0 Å². The van der Waals surface area contributed by atoms with E-state index in [9.17, 15) is 0 Å². The third-order valence-corrected chi connectivity index (χ3v) is 7.54. The molecule has 0 heterocycles. The van der Waals surface area contributed by atoms with E-state index in [0.717, 1.165) is 0 Å². The summed E-state index contributed by atoms with van der Waals surface area (Å²) in [5.74, 6) is 0. The van der Waals surface area contributed by atoms with Crippen LogP contribution >= 0.6 is 0 Å². The van der Waals surface area contributed by atoms with Crippen molar-refractivity contribution in [3.05, 3.63) is 72.3 Å². The Morgan fingerprint density at radius 2 is 1.32 bits per heavy atom. The third kappa shape index (κ3) is 5.22. The fourth-order valence-electron chi connectivity index (χ4n) is 3.36. The molecule has 3 aromatic rings. The second kappa shape index (κ2) is 9.83. The molecule has 0 fully saturated rings. The number of benzene rings is 3. The maximum absolute atomic E-state index is 2.36. The molecule has 0 atom stereocenters. The zero-order valence-electron chi connectivity index (χ0n) is 15.2. The van der Waals surface area contributed by atoms with Crippen molar-refractivity contribution in [3.8, 4) is 0 Å². The summed E-state index contributed by atoms with van der Waals surface area (Å²) >= 11 is 0.0445. The van der Waals surface area contributed by atoms with Crippen LogP contribution in [0.3, 0.4) is 0 Å². The Hall–Kier alpha value is -1.52. The van der Waals surface area contributed by atoms with Gasteiger partial charge in [-0.1, -0.05) is 0 Å². The maximum atomic E-state index is 2.36. The number of hydrogen-bond donors (Lipinski definition) is 0. The Kier molecular flexibility index (Phi) is 7.19. The summed E-state index contributed by atoms with van der Waals surface area (Å²) in [6.07, 6.45) is 9.46. The van der Waals surface area contributed by atoms with Gasteiger partial charge in [-0.25, -0.2) is 0 Å². The van der Waals surface area contributed by atoms with Crippen molar-refractivity contribution in [2.24, 2.45) is 0 Å². The first kappa shape index (κ1) is 18.3. The van der Waals surface area contributed by atoms with Crippen LogP contribution in [0.5, 0.6) is 0 Å². The molecule has 25 heavy (non-hydrogen) atoms. The Morgan fingerprint density at radius 1 is 0.640 bits per heavy atom. The summed E-state index contributed by atoms with van der Waals surface area (Å²) in [7, 11) is 0. The molecule has 0 aliphatic heterocycles. The van der Waals surface area contributed by atoms with Gasteiger partial charge in [0.25, 0.3) is 0 Å². The van der Waals surface area contributed by atoms with Crippen LogP contribution in [0.2, 0.25) is 0 Å². The molecule has 0 aromatic heterocycles. The van der Waals surface area contributed by atoms with Crippen molar-refractivity contribution < 1.29 is 0 Å². The molecule has 0 aliphatic rings. The fraction of sp³-hybridized carbons (Fsp3) is 0.333. The quantitative estimate of drug-likeness (QED) is 0.339. The van der Waals surface area contributed by atoms with E-state index < -0.39 is 0 Å². The van der Waals surface area contributed by atoms with Gasteiger partial charge >= 0.3 is 159 Å². The van der Waals surface area contributed by atoms with E-state index in [4.69, 9.17) is 0 Å². The second-order valence-corrected chi connectivity index (χ2v) is 9.25. The molecule has 129 valence electrons. The van der Waals surface area contributed by atoms with E-state index in [1.165, 1.54) is 60.1 Å². The van der Waals surface area contributed by atoms with Gasteiger partial charge in [-0.15, -0.1) is 0 Å². The van der Waals surface area contributed by atoms with Crippen LogP contribution in [0.4, 0.5) is 0 Å². The first-order valence-electron chi connectivity index (χ1n) is 9.66. The van der Waals surface area contributed by atoms with Gasteiger partial charge in [-0.3, -0.25) is 0 Å². The average molecular weight is 391 g/mol. The van der Waals surface area contributed by atoms with Crippen LogP contribution in [0, 0.1) is 0 Å². The predicted octanol–water partition coefficient (Wildman–Crippen LogP) is 5.40. The van der Waals surface area contributed by atoms with Crippen LogP contribution in [0.25, 0.3) is 10.8 Å². The molecule has 3 rings (SSSR count). The molecule has 1 radical (unpaired) electrons. The zero-order chi connectivity index (χ0) is 17.3. The van der Waals surface area contributed by atoms with E-state index in [1.54, 1.807) is 9.91 Å². The normalized spacial score (nSPS) is 11.6. The molecule has 0 saturated carbocycles. The molecule has 1 heteroatoms. The number of aryl methyl sites for hydroxylation is 1. The van der Waals surface area contributed by atoms with Crippen LogP contribution in [0.15, 0.2) is 66.7 Å². The van der Waals surface area contributed by atoms with Crippen molar-refractivity contribution in [1.29, 1.82) is 0 Å². The topological polar surface area (TPSA) is 0 Å². The Labute approximate surface area is 159 Å². The van der Waals surface area contributed by atoms with Crippen LogP contribution in [0.1, 0.15) is 51.0 Å². The van der Waals surface area contributed by atoms with E-state index in [0.29, 0.717) is 0 Å². The summed E-state index contributed by atoms with van der Waals surface area (Å²) in [4.78, 5) is 0. The molecule has 0 unspecified atom stereocenters. The minimum atomic E-state index is 0.0445. The number of unbranched alkanes of at least 4 members (excludes halogenated alkanes) is 5. The van der Waals surface area contributed by atoms with Gasteiger partial charge in [0.15, 0.2) is 0 Å². The predicted molar refractivity (Wildman–Crippen MR) is 112 cm³/mol. The van der Waals surface area contributed by atoms with Crippen LogP contribution < -0.4 is 8.70 Å². The standard InChI is InChI=1S/C24H28As/c1-2-3-4-5-6-7-14-21-15-9-11-18-23(21)25-24-19-12-16-20-13-8-10-17-22(20)24/h8-13,15-19H,2-7,14H2,1H3. The summed E-state index contributed by atoms with van der Waals surface area (Å²) in [5.41, 5.74) is 1.57. The second-order valence-electron chi connectivity index (χ2n) is 6.76. The van der Waals surface area contributed by atoms with Gasteiger partial charge in [0, 0.05) is 0 Å². The number of fused-ring (bicyclic) bond motifs is 1. The van der Waals surface area contributed by atoms with E-state index in [2.05, 4.69) is 73.7 Å². The summed E-state index contributed by atoms with van der Waals surface area (Å²) in [6.45, 7) is 2.28. The summed E-state index contributed by atoms with van der Waals surface area (Å²) in [6, 6.07) is 24.7. The van der Waals surface area contributed by atoms with Crippen LogP contribution in [-0.4, -0.2) is 15.8 Å². The first-order valence-corrected chi connectivity index (χ1v) is 11.5. The molecule has 0 saturated heterocycles. The summed E-state index contributed by atoms with van der Waals surface area (Å²) < 4.78 is 3.12. The first-order chi connectivity index (χ1) is 12.4. The van der Waals surface area contributed by atoms with E-state index >= 15 is 0 Å². The SMILES string of the molecule is CCCCCCCCc1ccccc1[As]c1cccc2ccccc12. The van der Waals surface area contributed by atoms with Crippen LogP contribution in [-0.2, 0) is 6.42 Å². The average Bonchev–Trinajstić information content (AvgIpc) is 2.66. The molecule has 0 bridgehead atoms. The van der Waals surface area contributed by atoms with Crippen molar-refractivity contribution in [2.45, 2.75) is 51.9 Å². The van der Waals surface area contributed by atoms with Crippen molar-refractivity contribution in [1.82, 2.24) is 0 Å². The summed E-state index contributed by atoms with van der Waals surface area (Å²) in [5, 5.41) is 2.79. The number of rotatable bonds is 9. The molecule has 0 N–H and O–H groups in total. The number of hydrogen-bond acceptors (Lipinski definition) is 0. The van der Waals surface area contributed by atoms with Gasteiger partial charge in [0.05, 0.1) is 0 Å². The fourth-order valence-corrected chi connectivity index (χ4v) is 5.95. The Morgan fingerprint density at radius 3 is 2.24 bits per heavy atom. The Balaban J connectivity index is 1.68. The van der Waals surface area contributed by atoms with Gasteiger partial charge in [-0.05, 0) is 0 Å². The van der Waals surface area contributed by atoms with Gasteiger partial charge < -0.3 is 0 Å². The van der Waals surface area contributed by atoms with E-state index in [1.807, 2.05) is 0 Å². The zero-order valence-corrected chi connectivity index (χ0v) is 17.1. The van der Waals surface area contributed by atoms with Crippen molar-refractivity contribution in [2.75, 3.05) is 0 Å². The molecule has 0 spiro atoms. The van der Waals surface area contributed by atoms with Gasteiger partial charge in [-0.2, -0.15) is 0 Å². The third-order valence-electron chi connectivity index (χ3n) is 4.80. The van der Waals surface area contributed by atoms with E-state index in [-0.39, 0.29) is 15.8 Å². The minimum absolute atomic E-state index is 0.0445. The Bertz CT molecular complexity index is 785. The molecular weight excluding hydrogens is 363 g/mol. The molecule has 0 amide bonds. The molecule has 0 aliphatic carbocycles. The molecule has 3 aromatic carbocycles. The van der Waals surface area contributed by atoms with Gasteiger partial charge in [0.1, 0.15) is 0 Å². The molecular formula is C24H28As. The molecule has 0 nitrogen and oxygen atoms in total. The van der Waals surface area contributed by atoms with Gasteiger partial charge in [0.2, 0.25) is 0 Å². The van der Waals surface area contributed by atoms with Crippen molar-refractivity contribution >= 4 is 35.2 Å². The monoisotopic (exact) mass is 391 g/mol.